The first-order valence-corrected chi connectivity index (χ1v) is 5.37. The van der Waals surface area contributed by atoms with Crippen molar-refractivity contribution in [2.45, 2.75) is 13.2 Å². The standard InChI is InChI=1S/C12H15NO4/c1-4-16-11-12(15-3)17-10-7-8(14-2)5-6-9(10)13-11/h5-7,12H,4H2,1-3H3. The molecule has 0 radical (unpaired) electrons. The Kier molecular flexibility index (Phi) is 3.49. The minimum atomic E-state index is -0.602. The van der Waals surface area contributed by atoms with Crippen LogP contribution in [-0.4, -0.2) is 33.0 Å². The van der Waals surface area contributed by atoms with Crippen LogP contribution in [0.25, 0.3) is 0 Å². The minimum absolute atomic E-state index is 0.438. The third-order valence-electron chi connectivity index (χ3n) is 2.34. The molecule has 0 spiro atoms. The molecule has 92 valence electrons. The Labute approximate surface area is 100.0 Å². The average Bonchev–Trinajstić information content (AvgIpc) is 2.37. The summed E-state index contributed by atoms with van der Waals surface area (Å²) in [5.74, 6) is 1.78. The van der Waals surface area contributed by atoms with Crippen LogP contribution in [0, 0.1) is 0 Å². The van der Waals surface area contributed by atoms with Crippen LogP contribution in [0.15, 0.2) is 23.2 Å². The van der Waals surface area contributed by atoms with Crippen molar-refractivity contribution in [3.63, 3.8) is 0 Å². The number of methoxy groups -OCH3 is 2. The van der Waals surface area contributed by atoms with E-state index in [0.717, 1.165) is 0 Å². The van der Waals surface area contributed by atoms with Crippen LogP contribution in [0.4, 0.5) is 5.69 Å². The average molecular weight is 237 g/mol. The zero-order valence-corrected chi connectivity index (χ0v) is 10.1. The summed E-state index contributed by atoms with van der Waals surface area (Å²) in [5.41, 5.74) is 0.711. The van der Waals surface area contributed by atoms with E-state index < -0.39 is 6.29 Å². The summed E-state index contributed by atoms with van der Waals surface area (Å²) in [5, 5.41) is 0. The second-order valence-corrected chi connectivity index (χ2v) is 3.40. The summed E-state index contributed by atoms with van der Waals surface area (Å²) in [6.07, 6.45) is -0.602. The molecule has 1 unspecified atom stereocenters. The van der Waals surface area contributed by atoms with Gasteiger partial charge in [0.15, 0.2) is 5.75 Å². The molecule has 5 heteroatoms. The predicted octanol–water partition coefficient (Wildman–Crippen LogP) is 2.13. The highest BCUT2D eigenvalue weighted by Gasteiger charge is 2.25. The van der Waals surface area contributed by atoms with E-state index in [0.29, 0.717) is 29.7 Å². The predicted molar refractivity (Wildman–Crippen MR) is 63.1 cm³/mol. The monoisotopic (exact) mass is 237 g/mol. The number of benzene rings is 1. The first kappa shape index (κ1) is 11.7. The molecule has 0 N–H and O–H groups in total. The second-order valence-electron chi connectivity index (χ2n) is 3.40. The molecule has 1 atom stereocenters. The van der Waals surface area contributed by atoms with Gasteiger partial charge in [-0.2, -0.15) is 0 Å². The Balaban J connectivity index is 2.34. The van der Waals surface area contributed by atoms with Gasteiger partial charge < -0.3 is 18.9 Å². The van der Waals surface area contributed by atoms with Crippen LogP contribution in [0.1, 0.15) is 6.92 Å². The van der Waals surface area contributed by atoms with Crippen molar-refractivity contribution in [2.75, 3.05) is 20.8 Å². The largest absolute Gasteiger partial charge is 0.497 e. The summed E-state index contributed by atoms with van der Waals surface area (Å²) >= 11 is 0. The molecule has 1 heterocycles. The van der Waals surface area contributed by atoms with E-state index in [4.69, 9.17) is 18.9 Å². The molecule has 1 aliphatic rings. The minimum Gasteiger partial charge on any atom is -0.497 e. The van der Waals surface area contributed by atoms with Gasteiger partial charge in [-0.1, -0.05) is 0 Å². The molecule has 0 aromatic heterocycles. The van der Waals surface area contributed by atoms with Crippen molar-refractivity contribution in [1.82, 2.24) is 0 Å². The lowest BCUT2D eigenvalue weighted by atomic mass is 10.2. The van der Waals surface area contributed by atoms with E-state index >= 15 is 0 Å². The molecule has 17 heavy (non-hydrogen) atoms. The molecule has 2 rings (SSSR count). The number of aliphatic imine (C=N–C) groups is 1. The maximum atomic E-state index is 5.63. The normalized spacial score (nSPS) is 17.8. The summed E-state index contributed by atoms with van der Waals surface area (Å²) in [6, 6.07) is 5.41. The van der Waals surface area contributed by atoms with E-state index in [-0.39, 0.29) is 0 Å². The van der Waals surface area contributed by atoms with Crippen molar-refractivity contribution in [2.24, 2.45) is 4.99 Å². The lowest BCUT2D eigenvalue weighted by Crippen LogP contribution is -2.33. The van der Waals surface area contributed by atoms with Gasteiger partial charge in [0.05, 0.1) is 13.7 Å². The molecule has 5 nitrogen and oxygen atoms in total. The van der Waals surface area contributed by atoms with Crippen molar-refractivity contribution in [1.29, 1.82) is 0 Å². The van der Waals surface area contributed by atoms with E-state index in [2.05, 4.69) is 4.99 Å². The van der Waals surface area contributed by atoms with Gasteiger partial charge in [-0.15, -0.1) is 0 Å². The van der Waals surface area contributed by atoms with Gasteiger partial charge in [-0.05, 0) is 19.1 Å². The fraction of sp³-hybridized carbons (Fsp3) is 0.417. The lowest BCUT2D eigenvalue weighted by Gasteiger charge is -2.24. The van der Waals surface area contributed by atoms with Crippen molar-refractivity contribution in [3.8, 4) is 11.5 Å². The lowest BCUT2D eigenvalue weighted by molar-refractivity contribution is -0.0192. The highest BCUT2D eigenvalue weighted by molar-refractivity contribution is 5.85. The Bertz CT molecular complexity index is 431. The number of ether oxygens (including phenoxy) is 4. The van der Waals surface area contributed by atoms with Gasteiger partial charge in [0.1, 0.15) is 11.4 Å². The summed E-state index contributed by atoms with van der Waals surface area (Å²) < 4.78 is 21.3. The third-order valence-corrected chi connectivity index (χ3v) is 2.34. The van der Waals surface area contributed by atoms with Gasteiger partial charge in [-0.3, -0.25) is 0 Å². The van der Waals surface area contributed by atoms with Crippen LogP contribution in [0.3, 0.4) is 0 Å². The quantitative estimate of drug-likeness (QED) is 0.808. The Hall–Kier alpha value is -1.75. The molecule has 0 bridgehead atoms. The molecular weight excluding hydrogens is 222 g/mol. The summed E-state index contributed by atoms with van der Waals surface area (Å²) in [6.45, 7) is 2.41. The number of nitrogens with zero attached hydrogens (tertiary/aromatic N) is 1. The zero-order valence-electron chi connectivity index (χ0n) is 10.1. The zero-order chi connectivity index (χ0) is 12.3. The van der Waals surface area contributed by atoms with E-state index in [1.54, 1.807) is 20.3 Å². The molecule has 0 fully saturated rings. The number of rotatable bonds is 3. The van der Waals surface area contributed by atoms with Crippen LogP contribution in [0.2, 0.25) is 0 Å². The van der Waals surface area contributed by atoms with E-state index in [1.807, 2.05) is 19.1 Å². The van der Waals surface area contributed by atoms with Crippen molar-refractivity contribution >= 4 is 11.6 Å². The van der Waals surface area contributed by atoms with E-state index in [1.165, 1.54) is 0 Å². The SMILES string of the molecule is CCOC1=Nc2ccc(OC)cc2OC1OC. The molecule has 0 saturated heterocycles. The van der Waals surface area contributed by atoms with Gasteiger partial charge >= 0.3 is 0 Å². The van der Waals surface area contributed by atoms with Gasteiger partial charge in [-0.25, -0.2) is 4.99 Å². The topological polar surface area (TPSA) is 49.3 Å². The van der Waals surface area contributed by atoms with Gasteiger partial charge in [0, 0.05) is 13.2 Å². The van der Waals surface area contributed by atoms with E-state index in [9.17, 15) is 0 Å². The second kappa shape index (κ2) is 5.05. The van der Waals surface area contributed by atoms with Gasteiger partial charge in [0.25, 0.3) is 12.2 Å². The van der Waals surface area contributed by atoms with Crippen molar-refractivity contribution in [3.05, 3.63) is 18.2 Å². The van der Waals surface area contributed by atoms with Crippen LogP contribution in [0.5, 0.6) is 11.5 Å². The first-order chi connectivity index (χ1) is 8.28. The molecule has 1 aromatic rings. The molecular formula is C12H15NO4. The molecule has 1 aromatic carbocycles. The number of hydrogen-bond donors (Lipinski definition) is 0. The number of hydrogen-bond acceptors (Lipinski definition) is 5. The smallest absolute Gasteiger partial charge is 0.277 e. The molecule has 0 saturated carbocycles. The van der Waals surface area contributed by atoms with Gasteiger partial charge in [0.2, 0.25) is 0 Å². The molecule has 1 aliphatic heterocycles. The third kappa shape index (κ3) is 2.34. The summed E-state index contributed by atoms with van der Waals surface area (Å²) in [7, 11) is 3.15. The maximum absolute atomic E-state index is 5.63. The Morgan fingerprint density at radius 3 is 2.82 bits per heavy atom. The van der Waals surface area contributed by atoms with Crippen LogP contribution < -0.4 is 9.47 Å². The van der Waals surface area contributed by atoms with Crippen molar-refractivity contribution < 1.29 is 18.9 Å². The van der Waals surface area contributed by atoms with Crippen LogP contribution >= 0.6 is 0 Å². The highest BCUT2D eigenvalue weighted by atomic mass is 16.7. The maximum Gasteiger partial charge on any atom is 0.277 e. The summed E-state index contributed by atoms with van der Waals surface area (Å²) in [4.78, 5) is 4.35. The Morgan fingerprint density at radius 2 is 2.18 bits per heavy atom. The highest BCUT2D eigenvalue weighted by Crippen LogP contribution is 2.35. The fourth-order valence-corrected chi connectivity index (χ4v) is 1.54. The number of fused-ring (bicyclic) bond motifs is 1. The molecule has 0 amide bonds. The van der Waals surface area contributed by atoms with Crippen LogP contribution in [-0.2, 0) is 9.47 Å². The first-order valence-electron chi connectivity index (χ1n) is 5.37. The Morgan fingerprint density at radius 1 is 1.35 bits per heavy atom. The fourth-order valence-electron chi connectivity index (χ4n) is 1.54. The molecule has 0 aliphatic carbocycles.